The molecule has 0 radical (unpaired) electrons. The first kappa shape index (κ1) is 15.7. The van der Waals surface area contributed by atoms with Crippen molar-refractivity contribution in [3.05, 3.63) is 46.3 Å². The molecule has 1 saturated heterocycles. The Bertz CT molecular complexity index is 711. The van der Waals surface area contributed by atoms with Gasteiger partial charge in [-0.2, -0.15) is 0 Å². The molecule has 1 amide bonds. The summed E-state index contributed by atoms with van der Waals surface area (Å²) in [7, 11) is 0. The Balaban J connectivity index is 1.81. The predicted molar refractivity (Wildman–Crippen MR) is 89.1 cm³/mol. The van der Waals surface area contributed by atoms with Crippen molar-refractivity contribution in [2.75, 3.05) is 6.54 Å². The quantitative estimate of drug-likeness (QED) is 0.872. The fourth-order valence-electron chi connectivity index (χ4n) is 3.62. The summed E-state index contributed by atoms with van der Waals surface area (Å²) in [4.78, 5) is 13.6. The van der Waals surface area contributed by atoms with E-state index in [9.17, 15) is 4.79 Å². The van der Waals surface area contributed by atoms with Crippen LogP contribution >= 0.6 is 0 Å². The van der Waals surface area contributed by atoms with E-state index in [0.717, 1.165) is 18.7 Å². The largest absolute Gasteiger partial charge is 0.337 e. The molecule has 2 aromatic rings. The Hall–Kier alpha value is -2.17. The minimum atomic E-state index is 0.131. The second-order valence-corrected chi connectivity index (χ2v) is 6.60. The normalized spacial score (nSPS) is 16.2. The topological polar surface area (TPSA) is 51.0 Å². The highest BCUT2D eigenvalue weighted by Gasteiger charge is 2.22. The third-order valence-electron chi connectivity index (χ3n) is 4.63. The van der Waals surface area contributed by atoms with E-state index in [4.69, 9.17) is 0 Å². The van der Waals surface area contributed by atoms with E-state index in [0.29, 0.717) is 13.0 Å². The summed E-state index contributed by atoms with van der Waals surface area (Å²) < 4.78 is 1.90. The number of hydrogen-bond donors (Lipinski definition) is 0. The summed E-state index contributed by atoms with van der Waals surface area (Å²) in [6, 6.07) is 4.55. The van der Waals surface area contributed by atoms with Gasteiger partial charge in [0.2, 0.25) is 5.91 Å². The molecule has 2 heterocycles. The maximum Gasteiger partial charge on any atom is 0.222 e. The summed E-state index contributed by atoms with van der Waals surface area (Å²) in [5.74, 6) is 0.220. The molecule has 1 aliphatic rings. The average Bonchev–Trinajstić information content (AvgIpc) is 3.08. The van der Waals surface area contributed by atoms with Crippen LogP contribution in [0.5, 0.6) is 0 Å². The number of aryl methyl sites for hydroxylation is 3. The molecular weight excluding hydrogens is 288 g/mol. The molecule has 1 fully saturated rings. The molecule has 5 heteroatoms. The van der Waals surface area contributed by atoms with E-state index < -0.39 is 0 Å². The molecule has 1 aromatic carbocycles. The van der Waals surface area contributed by atoms with Crippen molar-refractivity contribution >= 4 is 5.91 Å². The van der Waals surface area contributed by atoms with Crippen LogP contribution in [0.1, 0.15) is 53.8 Å². The maximum atomic E-state index is 11.7. The van der Waals surface area contributed by atoms with Crippen molar-refractivity contribution in [3.63, 3.8) is 0 Å². The monoisotopic (exact) mass is 312 g/mol. The molecule has 0 aliphatic carbocycles. The number of benzene rings is 1. The van der Waals surface area contributed by atoms with Gasteiger partial charge >= 0.3 is 0 Å². The first-order valence-corrected chi connectivity index (χ1v) is 8.22. The minimum Gasteiger partial charge on any atom is -0.337 e. The fraction of sp³-hybridized carbons (Fsp3) is 0.500. The second kappa shape index (κ2) is 6.14. The molecular formula is C18H24N4O. The first-order valence-electron chi connectivity index (χ1n) is 8.22. The number of hydrogen-bond acceptors (Lipinski definition) is 3. The van der Waals surface area contributed by atoms with Crippen molar-refractivity contribution < 1.29 is 4.79 Å². The number of carbonyl (C=O) groups excluding carboxylic acids is 1. The molecule has 1 aromatic heterocycles. The highest BCUT2D eigenvalue weighted by Crippen LogP contribution is 2.26. The van der Waals surface area contributed by atoms with Gasteiger partial charge < -0.3 is 4.90 Å². The van der Waals surface area contributed by atoms with Gasteiger partial charge in [-0.25, -0.2) is 4.68 Å². The number of rotatable bonds is 4. The Morgan fingerprint density at radius 1 is 1.22 bits per heavy atom. The number of likely N-dealkylation sites (tertiary alicyclic amines) is 1. The minimum absolute atomic E-state index is 0.131. The molecule has 1 unspecified atom stereocenters. The molecule has 3 rings (SSSR count). The number of amides is 1. The number of nitrogens with zero attached hydrogens (tertiary/aromatic N) is 4. The van der Waals surface area contributed by atoms with Gasteiger partial charge in [0.05, 0.1) is 18.8 Å². The van der Waals surface area contributed by atoms with Crippen molar-refractivity contribution in [3.8, 4) is 0 Å². The van der Waals surface area contributed by atoms with Crippen LogP contribution in [-0.4, -0.2) is 32.3 Å². The van der Waals surface area contributed by atoms with Gasteiger partial charge in [-0.1, -0.05) is 22.9 Å². The summed E-state index contributed by atoms with van der Waals surface area (Å²) in [6.07, 6.45) is 3.58. The molecule has 0 bridgehead atoms. The maximum absolute atomic E-state index is 11.7. The smallest absolute Gasteiger partial charge is 0.222 e. The van der Waals surface area contributed by atoms with Gasteiger partial charge in [-0.15, -0.1) is 5.10 Å². The summed E-state index contributed by atoms with van der Waals surface area (Å²) in [5, 5.41) is 8.55. The standard InChI is InChI=1S/C18H24N4O/c1-12-8-13(2)18(14(3)9-12)15(4)22-11-16(19-20-22)10-21-7-5-6-17(21)23/h8-9,11,15H,5-7,10H2,1-4H3. The zero-order valence-corrected chi connectivity index (χ0v) is 14.3. The van der Waals surface area contributed by atoms with Crippen LogP contribution in [0.3, 0.4) is 0 Å². The predicted octanol–water partition coefficient (Wildman–Crippen LogP) is 2.94. The molecule has 5 nitrogen and oxygen atoms in total. The van der Waals surface area contributed by atoms with Crippen molar-refractivity contribution in [1.82, 2.24) is 19.9 Å². The van der Waals surface area contributed by atoms with E-state index in [-0.39, 0.29) is 11.9 Å². The SMILES string of the molecule is Cc1cc(C)c(C(C)n2cc(CN3CCCC3=O)nn2)c(C)c1. The van der Waals surface area contributed by atoms with Crippen LogP contribution in [-0.2, 0) is 11.3 Å². The van der Waals surface area contributed by atoms with E-state index in [2.05, 4.69) is 50.1 Å². The summed E-state index contributed by atoms with van der Waals surface area (Å²) in [6.45, 7) is 9.95. The second-order valence-electron chi connectivity index (χ2n) is 6.60. The molecule has 1 aliphatic heterocycles. The van der Waals surface area contributed by atoms with E-state index in [1.54, 1.807) is 0 Å². The van der Waals surface area contributed by atoms with Gasteiger partial charge in [0, 0.05) is 13.0 Å². The highest BCUT2D eigenvalue weighted by molar-refractivity contribution is 5.77. The Labute approximate surface area is 137 Å². The van der Waals surface area contributed by atoms with Crippen molar-refractivity contribution in [2.45, 2.75) is 53.1 Å². The van der Waals surface area contributed by atoms with E-state index in [1.165, 1.54) is 22.3 Å². The van der Waals surface area contributed by atoms with Gasteiger partial charge in [0.1, 0.15) is 5.69 Å². The lowest BCUT2D eigenvalue weighted by Gasteiger charge is -2.18. The Morgan fingerprint density at radius 3 is 2.52 bits per heavy atom. The van der Waals surface area contributed by atoms with Crippen LogP contribution in [0, 0.1) is 20.8 Å². The fourth-order valence-corrected chi connectivity index (χ4v) is 3.62. The molecule has 23 heavy (non-hydrogen) atoms. The molecule has 0 saturated carbocycles. The Kier molecular flexibility index (Phi) is 4.20. The van der Waals surface area contributed by atoms with Crippen LogP contribution < -0.4 is 0 Å². The molecule has 122 valence electrons. The van der Waals surface area contributed by atoms with E-state index in [1.807, 2.05) is 15.8 Å². The zero-order chi connectivity index (χ0) is 16.6. The van der Waals surface area contributed by atoms with Crippen molar-refractivity contribution in [1.29, 1.82) is 0 Å². The third kappa shape index (κ3) is 3.14. The Morgan fingerprint density at radius 2 is 1.91 bits per heavy atom. The molecule has 0 spiro atoms. The number of carbonyl (C=O) groups is 1. The lowest BCUT2D eigenvalue weighted by Crippen LogP contribution is -2.24. The molecule has 0 N–H and O–H groups in total. The average molecular weight is 312 g/mol. The van der Waals surface area contributed by atoms with Crippen LogP contribution in [0.25, 0.3) is 0 Å². The zero-order valence-electron chi connectivity index (χ0n) is 14.3. The van der Waals surface area contributed by atoms with E-state index >= 15 is 0 Å². The molecule has 1 atom stereocenters. The lowest BCUT2D eigenvalue weighted by atomic mass is 9.95. The summed E-state index contributed by atoms with van der Waals surface area (Å²) >= 11 is 0. The van der Waals surface area contributed by atoms with Crippen LogP contribution in [0.2, 0.25) is 0 Å². The van der Waals surface area contributed by atoms with Crippen molar-refractivity contribution in [2.24, 2.45) is 0 Å². The van der Waals surface area contributed by atoms with Gasteiger partial charge in [-0.05, 0) is 50.8 Å². The van der Waals surface area contributed by atoms with Crippen LogP contribution in [0.4, 0.5) is 0 Å². The van der Waals surface area contributed by atoms with Crippen LogP contribution in [0.15, 0.2) is 18.3 Å². The van der Waals surface area contributed by atoms with Gasteiger partial charge in [0.15, 0.2) is 0 Å². The summed E-state index contributed by atoms with van der Waals surface area (Å²) in [5.41, 5.74) is 5.99. The van der Waals surface area contributed by atoms with Gasteiger partial charge in [-0.3, -0.25) is 4.79 Å². The third-order valence-corrected chi connectivity index (χ3v) is 4.63. The highest BCUT2D eigenvalue weighted by atomic mass is 16.2. The first-order chi connectivity index (χ1) is 11.0. The lowest BCUT2D eigenvalue weighted by molar-refractivity contribution is -0.128. The van der Waals surface area contributed by atoms with Gasteiger partial charge in [0.25, 0.3) is 0 Å². The number of aromatic nitrogens is 3.